The highest BCUT2D eigenvalue weighted by Gasteiger charge is 2.28. The highest BCUT2D eigenvalue weighted by Crippen LogP contribution is 2.39. The number of rotatable bonds is 10. The molecule has 8 nitrogen and oxygen atoms in total. The van der Waals surface area contributed by atoms with E-state index in [-0.39, 0.29) is 6.04 Å². The van der Waals surface area contributed by atoms with Gasteiger partial charge in [0.2, 0.25) is 0 Å². The molecule has 0 radical (unpaired) electrons. The average molecular weight is 518 g/mol. The van der Waals surface area contributed by atoms with Crippen LogP contribution in [-0.4, -0.2) is 38.9 Å². The number of nitrogens with two attached hydrogens (primary N) is 2. The summed E-state index contributed by atoms with van der Waals surface area (Å²) in [7, 11) is 0. The lowest BCUT2D eigenvalue weighted by Crippen LogP contribution is -2.31. The predicted molar refractivity (Wildman–Crippen MR) is 148 cm³/mol. The number of aromatic nitrogens is 4. The van der Waals surface area contributed by atoms with Gasteiger partial charge >= 0.3 is 0 Å². The number of halogens is 1. The lowest BCUT2D eigenvalue weighted by molar-refractivity contribution is 0.246. The second kappa shape index (κ2) is 11.9. The summed E-state index contributed by atoms with van der Waals surface area (Å²) in [4.78, 5) is 8.70. The monoisotopic (exact) mass is 517 g/mol. The van der Waals surface area contributed by atoms with Crippen molar-refractivity contribution in [3.63, 3.8) is 0 Å². The van der Waals surface area contributed by atoms with E-state index in [1.807, 2.05) is 35.0 Å². The fourth-order valence-electron chi connectivity index (χ4n) is 5.41. The molecule has 0 spiro atoms. The average Bonchev–Trinajstić information content (AvgIpc) is 3.32. The van der Waals surface area contributed by atoms with Crippen LogP contribution < -0.4 is 21.5 Å². The number of anilines is 1. The van der Waals surface area contributed by atoms with Crippen LogP contribution in [0.15, 0.2) is 54.9 Å². The van der Waals surface area contributed by atoms with E-state index < -0.39 is 5.82 Å². The molecule has 1 aliphatic rings. The summed E-state index contributed by atoms with van der Waals surface area (Å²) in [5.74, 6) is 1.62. The first-order valence-electron chi connectivity index (χ1n) is 13.5. The normalized spacial score (nSPS) is 18.5. The molecule has 1 aliphatic carbocycles. The second-order valence-corrected chi connectivity index (χ2v) is 10.2. The Balaban J connectivity index is 1.35. The standard InChI is InChI=1S/C29H36FN7O/c1-19(33-16-15-31)7-8-20-9-11-21(12-10-20)37-29-26(28(32)34-18-35-29)27(36-37)24-14-13-23(17-25(24)30)38-22-5-3-2-4-6-22/h2-6,13-14,17-21,33H,7-12,15-16,31H2,1H3,(H2,32,34,35)/t19-,20-,21-/m1/s1. The Hall–Kier alpha value is -3.56. The van der Waals surface area contributed by atoms with Gasteiger partial charge in [0.05, 0.1) is 11.4 Å². The molecule has 1 atom stereocenters. The molecule has 4 aromatic rings. The van der Waals surface area contributed by atoms with Crippen molar-refractivity contribution in [2.75, 3.05) is 18.8 Å². The van der Waals surface area contributed by atoms with Gasteiger partial charge in [-0.3, -0.25) is 0 Å². The van der Waals surface area contributed by atoms with E-state index in [0.717, 1.165) is 38.6 Å². The molecule has 38 heavy (non-hydrogen) atoms. The van der Waals surface area contributed by atoms with Crippen molar-refractivity contribution >= 4 is 16.9 Å². The lowest BCUT2D eigenvalue weighted by atomic mass is 9.83. The van der Waals surface area contributed by atoms with Gasteiger partial charge in [-0.1, -0.05) is 18.2 Å². The van der Waals surface area contributed by atoms with Crippen LogP contribution >= 0.6 is 0 Å². The molecular formula is C29H36FN7O. The molecule has 9 heteroatoms. The Labute approximate surface area is 222 Å². The summed E-state index contributed by atoms with van der Waals surface area (Å²) in [6, 6.07) is 14.8. The summed E-state index contributed by atoms with van der Waals surface area (Å²) in [5, 5.41) is 8.94. The first kappa shape index (κ1) is 26.1. The van der Waals surface area contributed by atoms with Crippen molar-refractivity contribution in [1.82, 2.24) is 25.1 Å². The molecule has 2 aromatic heterocycles. The predicted octanol–water partition coefficient (Wildman–Crippen LogP) is 5.46. The number of benzene rings is 2. The fourth-order valence-corrected chi connectivity index (χ4v) is 5.41. The molecule has 2 heterocycles. The molecule has 1 fully saturated rings. The Morgan fingerprint density at radius 1 is 1.08 bits per heavy atom. The number of ether oxygens (including phenoxy) is 1. The third kappa shape index (κ3) is 5.79. The van der Waals surface area contributed by atoms with Crippen molar-refractivity contribution in [2.24, 2.45) is 11.7 Å². The Morgan fingerprint density at radius 3 is 2.61 bits per heavy atom. The number of hydrogen-bond acceptors (Lipinski definition) is 7. The van der Waals surface area contributed by atoms with Gasteiger partial charge in [0.15, 0.2) is 5.65 Å². The molecule has 0 aliphatic heterocycles. The summed E-state index contributed by atoms with van der Waals surface area (Å²) < 4.78 is 23.1. The zero-order valence-electron chi connectivity index (χ0n) is 21.8. The van der Waals surface area contributed by atoms with E-state index in [2.05, 4.69) is 22.2 Å². The maximum Gasteiger partial charge on any atom is 0.164 e. The van der Waals surface area contributed by atoms with E-state index in [1.165, 1.54) is 18.8 Å². The summed E-state index contributed by atoms with van der Waals surface area (Å²) in [6.45, 7) is 3.75. The van der Waals surface area contributed by atoms with Crippen molar-refractivity contribution in [2.45, 2.75) is 57.5 Å². The summed E-state index contributed by atoms with van der Waals surface area (Å²) >= 11 is 0. The number of fused-ring (bicyclic) bond motifs is 1. The van der Waals surface area contributed by atoms with Crippen LogP contribution in [0, 0.1) is 11.7 Å². The van der Waals surface area contributed by atoms with Gasteiger partial charge in [-0.05, 0) is 75.6 Å². The van der Waals surface area contributed by atoms with Gasteiger partial charge in [0, 0.05) is 30.8 Å². The number of nitrogens with one attached hydrogen (secondary N) is 1. The first-order valence-corrected chi connectivity index (χ1v) is 13.5. The van der Waals surface area contributed by atoms with Gasteiger partial charge < -0.3 is 21.5 Å². The molecule has 0 bridgehead atoms. The minimum Gasteiger partial charge on any atom is -0.457 e. The van der Waals surface area contributed by atoms with Crippen molar-refractivity contribution < 1.29 is 9.13 Å². The van der Waals surface area contributed by atoms with Gasteiger partial charge in [0.1, 0.15) is 35.2 Å². The molecular weight excluding hydrogens is 481 g/mol. The number of nitrogens with zero attached hydrogens (tertiary/aromatic N) is 4. The van der Waals surface area contributed by atoms with E-state index in [0.29, 0.717) is 58.1 Å². The molecule has 0 saturated heterocycles. The Bertz CT molecular complexity index is 1350. The largest absolute Gasteiger partial charge is 0.457 e. The number of nitrogen functional groups attached to an aromatic ring is 1. The van der Waals surface area contributed by atoms with Crippen molar-refractivity contribution in [3.8, 4) is 22.8 Å². The van der Waals surface area contributed by atoms with Gasteiger partial charge in [-0.2, -0.15) is 5.10 Å². The van der Waals surface area contributed by atoms with Crippen molar-refractivity contribution in [1.29, 1.82) is 0 Å². The van der Waals surface area contributed by atoms with Crippen molar-refractivity contribution in [3.05, 3.63) is 60.7 Å². The zero-order valence-corrected chi connectivity index (χ0v) is 21.8. The molecule has 1 saturated carbocycles. The van der Waals surface area contributed by atoms with Gasteiger partial charge in [-0.15, -0.1) is 0 Å². The van der Waals surface area contributed by atoms with Crippen LogP contribution in [0.4, 0.5) is 10.2 Å². The summed E-state index contributed by atoms with van der Waals surface area (Å²) in [6.07, 6.45) is 8.07. The second-order valence-electron chi connectivity index (χ2n) is 10.2. The maximum atomic E-state index is 15.4. The smallest absolute Gasteiger partial charge is 0.164 e. The maximum absolute atomic E-state index is 15.4. The Kier molecular flexibility index (Phi) is 8.14. The van der Waals surface area contributed by atoms with Crippen LogP contribution in [-0.2, 0) is 0 Å². The van der Waals surface area contributed by atoms with E-state index >= 15 is 4.39 Å². The van der Waals surface area contributed by atoms with Gasteiger partial charge in [-0.25, -0.2) is 19.0 Å². The van der Waals surface area contributed by atoms with Crippen LogP contribution in [0.2, 0.25) is 0 Å². The third-order valence-electron chi connectivity index (χ3n) is 7.50. The SMILES string of the molecule is C[C@H](CC[C@H]1CC[C@H](n2nc(-c3ccc(Oc4ccccc4)cc3F)c3c(N)ncnc32)CC1)NCCN. The zero-order chi connectivity index (χ0) is 26.5. The topological polar surface area (TPSA) is 117 Å². The van der Waals surface area contributed by atoms with Gasteiger partial charge in [0.25, 0.3) is 0 Å². The molecule has 2 aromatic carbocycles. The van der Waals surface area contributed by atoms with Crippen LogP contribution in [0.25, 0.3) is 22.3 Å². The highest BCUT2D eigenvalue weighted by atomic mass is 19.1. The molecule has 0 amide bonds. The Morgan fingerprint density at radius 2 is 1.87 bits per heavy atom. The molecule has 5 N–H and O–H groups in total. The molecule has 200 valence electrons. The highest BCUT2D eigenvalue weighted by molar-refractivity contribution is 5.98. The minimum atomic E-state index is -0.436. The quantitative estimate of drug-likeness (QED) is 0.256. The molecule has 5 rings (SSSR count). The van der Waals surface area contributed by atoms with Crippen LogP contribution in [0.5, 0.6) is 11.5 Å². The van der Waals surface area contributed by atoms with Crippen LogP contribution in [0.3, 0.4) is 0 Å². The fraction of sp³-hybridized carbons (Fsp3) is 0.414. The summed E-state index contributed by atoms with van der Waals surface area (Å²) in [5.41, 5.74) is 13.3. The minimum absolute atomic E-state index is 0.188. The number of para-hydroxylation sites is 1. The lowest BCUT2D eigenvalue weighted by Gasteiger charge is -2.29. The van der Waals surface area contributed by atoms with Crippen LogP contribution in [0.1, 0.15) is 51.5 Å². The third-order valence-corrected chi connectivity index (χ3v) is 7.50. The van der Waals surface area contributed by atoms with E-state index in [9.17, 15) is 0 Å². The number of hydrogen-bond donors (Lipinski definition) is 3. The van der Waals surface area contributed by atoms with E-state index in [1.54, 1.807) is 12.1 Å². The molecule has 0 unspecified atom stereocenters. The first-order chi connectivity index (χ1) is 18.5. The van der Waals surface area contributed by atoms with E-state index in [4.69, 9.17) is 21.3 Å².